The third-order valence-corrected chi connectivity index (χ3v) is 5.30. The molecule has 0 N–H and O–H groups in total. The number of fused-ring (bicyclic) bond motifs is 1. The van der Waals surface area contributed by atoms with Crippen molar-refractivity contribution in [3.8, 4) is 0 Å². The van der Waals surface area contributed by atoms with Crippen LogP contribution in [0.15, 0.2) is 34.9 Å². The van der Waals surface area contributed by atoms with Gasteiger partial charge in [-0.3, -0.25) is 9.80 Å². The van der Waals surface area contributed by atoms with Gasteiger partial charge in [-0.15, -0.1) is 0 Å². The number of aryl methyl sites for hydroxylation is 2. The van der Waals surface area contributed by atoms with Gasteiger partial charge in [0.05, 0.1) is 12.2 Å². The highest BCUT2D eigenvalue weighted by Gasteiger charge is 2.27. The molecule has 0 saturated carbocycles. The molecule has 0 radical (unpaired) electrons. The zero-order valence-electron chi connectivity index (χ0n) is 13.9. The lowest BCUT2D eigenvalue weighted by molar-refractivity contribution is 0.0805. The molecule has 1 fully saturated rings. The van der Waals surface area contributed by atoms with Crippen LogP contribution in [0.5, 0.6) is 0 Å². The van der Waals surface area contributed by atoms with Crippen LogP contribution >= 0.6 is 0 Å². The molecule has 1 aromatic heterocycles. The summed E-state index contributed by atoms with van der Waals surface area (Å²) in [4.78, 5) is 5.17. The van der Waals surface area contributed by atoms with Gasteiger partial charge < -0.3 is 4.52 Å². The molecule has 4 heteroatoms. The van der Waals surface area contributed by atoms with Crippen LogP contribution in [0.3, 0.4) is 0 Å². The van der Waals surface area contributed by atoms with Gasteiger partial charge in [-0.2, -0.15) is 0 Å². The predicted octanol–water partition coefficient (Wildman–Crippen LogP) is 2.66. The van der Waals surface area contributed by atoms with Gasteiger partial charge in [-0.05, 0) is 37.3 Å². The molecule has 1 saturated heterocycles. The minimum Gasteiger partial charge on any atom is -0.360 e. The highest BCUT2D eigenvalue weighted by Crippen LogP contribution is 2.25. The van der Waals surface area contributed by atoms with Crippen molar-refractivity contribution in [3.05, 3.63) is 52.9 Å². The molecule has 4 rings (SSSR count). The zero-order chi connectivity index (χ0) is 15.6. The van der Waals surface area contributed by atoms with Crippen molar-refractivity contribution >= 4 is 0 Å². The van der Waals surface area contributed by atoms with Crippen LogP contribution in [0, 0.1) is 6.92 Å². The van der Waals surface area contributed by atoms with E-state index in [1.807, 2.05) is 13.0 Å². The second kappa shape index (κ2) is 6.46. The molecule has 0 amide bonds. The Hall–Kier alpha value is -1.65. The fraction of sp³-hybridized carbons (Fsp3) is 0.526. The Labute approximate surface area is 138 Å². The number of benzene rings is 1. The van der Waals surface area contributed by atoms with Crippen molar-refractivity contribution in [1.82, 2.24) is 15.0 Å². The van der Waals surface area contributed by atoms with Crippen LogP contribution in [0.4, 0.5) is 0 Å². The maximum absolute atomic E-state index is 5.34. The van der Waals surface area contributed by atoms with Gasteiger partial charge in [-0.1, -0.05) is 29.4 Å². The summed E-state index contributed by atoms with van der Waals surface area (Å²) in [6, 6.07) is 11.7. The van der Waals surface area contributed by atoms with Crippen LogP contribution in [-0.2, 0) is 19.4 Å². The quantitative estimate of drug-likeness (QED) is 0.872. The first-order valence-electron chi connectivity index (χ1n) is 8.73. The number of hydrogen-bond acceptors (Lipinski definition) is 4. The second-order valence-electron chi connectivity index (χ2n) is 6.91. The zero-order valence-corrected chi connectivity index (χ0v) is 13.9. The van der Waals surface area contributed by atoms with Crippen molar-refractivity contribution in [2.75, 3.05) is 26.2 Å². The molecule has 2 aliphatic rings. The van der Waals surface area contributed by atoms with Gasteiger partial charge in [-0.25, -0.2) is 0 Å². The summed E-state index contributed by atoms with van der Waals surface area (Å²) >= 11 is 0. The highest BCUT2D eigenvalue weighted by atomic mass is 16.5. The van der Waals surface area contributed by atoms with Crippen LogP contribution in [-0.4, -0.2) is 47.2 Å². The van der Waals surface area contributed by atoms with Gasteiger partial charge in [0.1, 0.15) is 0 Å². The lowest BCUT2D eigenvalue weighted by Crippen LogP contribution is -2.51. The fourth-order valence-electron chi connectivity index (χ4n) is 3.99. The largest absolute Gasteiger partial charge is 0.360 e. The number of hydrogen-bond donors (Lipinski definition) is 0. The SMILES string of the molecule is Cc1cc(CN2CCN([C@H]3CCc4ccccc4C3)CC2)on1. The van der Waals surface area contributed by atoms with Crippen molar-refractivity contribution < 1.29 is 4.52 Å². The summed E-state index contributed by atoms with van der Waals surface area (Å²) < 4.78 is 5.34. The Morgan fingerprint density at radius 1 is 1.13 bits per heavy atom. The molecular formula is C19H25N3O. The first-order chi connectivity index (χ1) is 11.3. The van der Waals surface area contributed by atoms with Crippen LogP contribution in [0.1, 0.15) is 29.0 Å². The Morgan fingerprint density at radius 3 is 2.65 bits per heavy atom. The molecule has 2 aromatic rings. The Balaban J connectivity index is 1.32. The van der Waals surface area contributed by atoms with Gasteiger partial charge in [0.25, 0.3) is 0 Å². The summed E-state index contributed by atoms with van der Waals surface area (Å²) in [5, 5.41) is 3.98. The average molecular weight is 311 g/mol. The molecule has 0 unspecified atom stereocenters. The molecule has 1 atom stereocenters. The molecule has 0 bridgehead atoms. The number of nitrogens with zero attached hydrogens (tertiary/aromatic N) is 3. The average Bonchev–Trinajstić information content (AvgIpc) is 3.00. The van der Waals surface area contributed by atoms with Gasteiger partial charge >= 0.3 is 0 Å². The summed E-state index contributed by atoms with van der Waals surface area (Å²) in [6.45, 7) is 7.45. The molecule has 1 aromatic carbocycles. The summed E-state index contributed by atoms with van der Waals surface area (Å²) in [5.74, 6) is 0.988. The topological polar surface area (TPSA) is 32.5 Å². The van der Waals surface area contributed by atoms with E-state index in [2.05, 4.69) is 39.2 Å². The molecule has 23 heavy (non-hydrogen) atoms. The molecule has 1 aliphatic carbocycles. The standard InChI is InChI=1S/C19H25N3O/c1-15-12-19(23-20-15)14-21-8-10-22(11-9-21)18-7-6-16-4-2-3-5-17(16)13-18/h2-5,12,18H,6-11,13-14H2,1H3/t18-/m0/s1. The summed E-state index contributed by atoms with van der Waals surface area (Å²) in [6.07, 6.45) is 3.76. The first kappa shape index (κ1) is 14.9. The normalized spacial score (nSPS) is 22.9. The smallest absolute Gasteiger partial charge is 0.150 e. The van der Waals surface area contributed by atoms with Crippen molar-refractivity contribution in [2.45, 2.75) is 38.8 Å². The van der Waals surface area contributed by atoms with Crippen molar-refractivity contribution in [1.29, 1.82) is 0 Å². The van der Waals surface area contributed by atoms with Gasteiger partial charge in [0, 0.05) is 38.3 Å². The van der Waals surface area contributed by atoms with E-state index in [0.29, 0.717) is 0 Å². The van der Waals surface area contributed by atoms with E-state index in [0.717, 1.165) is 37.1 Å². The van der Waals surface area contributed by atoms with E-state index in [4.69, 9.17) is 4.52 Å². The second-order valence-corrected chi connectivity index (χ2v) is 6.91. The monoisotopic (exact) mass is 311 g/mol. The third kappa shape index (κ3) is 3.33. The van der Waals surface area contributed by atoms with E-state index < -0.39 is 0 Å². The lowest BCUT2D eigenvalue weighted by Gasteiger charge is -2.40. The van der Waals surface area contributed by atoms with Crippen LogP contribution < -0.4 is 0 Å². The van der Waals surface area contributed by atoms with Crippen molar-refractivity contribution in [3.63, 3.8) is 0 Å². The van der Waals surface area contributed by atoms with E-state index in [1.165, 1.54) is 32.4 Å². The fourth-order valence-corrected chi connectivity index (χ4v) is 3.99. The van der Waals surface area contributed by atoms with Crippen LogP contribution in [0.2, 0.25) is 0 Å². The predicted molar refractivity (Wildman–Crippen MR) is 90.3 cm³/mol. The molecule has 122 valence electrons. The molecular weight excluding hydrogens is 286 g/mol. The van der Waals surface area contributed by atoms with E-state index >= 15 is 0 Å². The number of aromatic nitrogens is 1. The molecule has 0 spiro atoms. The summed E-state index contributed by atoms with van der Waals surface area (Å²) in [5.41, 5.74) is 4.09. The van der Waals surface area contributed by atoms with E-state index in [-0.39, 0.29) is 0 Å². The van der Waals surface area contributed by atoms with E-state index in [9.17, 15) is 0 Å². The van der Waals surface area contributed by atoms with Crippen LogP contribution in [0.25, 0.3) is 0 Å². The maximum Gasteiger partial charge on any atom is 0.150 e. The Kier molecular flexibility index (Phi) is 4.19. The molecule has 4 nitrogen and oxygen atoms in total. The highest BCUT2D eigenvalue weighted by molar-refractivity contribution is 5.30. The van der Waals surface area contributed by atoms with E-state index in [1.54, 1.807) is 11.1 Å². The molecule has 1 aliphatic heterocycles. The third-order valence-electron chi connectivity index (χ3n) is 5.30. The minimum absolute atomic E-state index is 0.722. The first-order valence-corrected chi connectivity index (χ1v) is 8.73. The lowest BCUT2D eigenvalue weighted by atomic mass is 9.87. The van der Waals surface area contributed by atoms with Gasteiger partial charge in [0.15, 0.2) is 5.76 Å². The minimum atomic E-state index is 0.722. The van der Waals surface area contributed by atoms with Gasteiger partial charge in [0.2, 0.25) is 0 Å². The molecule has 2 heterocycles. The Bertz CT molecular complexity index is 658. The number of rotatable bonds is 3. The summed E-state index contributed by atoms with van der Waals surface area (Å²) in [7, 11) is 0. The van der Waals surface area contributed by atoms with Crippen molar-refractivity contribution in [2.24, 2.45) is 0 Å². The maximum atomic E-state index is 5.34. The number of piperazine rings is 1. The Morgan fingerprint density at radius 2 is 1.91 bits per heavy atom.